The molecule has 4 atom stereocenters. The van der Waals surface area contributed by atoms with Gasteiger partial charge in [-0.05, 0) is 0 Å². The second-order valence-electron chi connectivity index (χ2n) is 2.68. The SMILES string of the molecule is O=C1CO[C@H]2O[C@@H]1[C@H](O)[C@H]2O. The number of fused-ring (bicyclic) bond motifs is 2. The Bertz CT molecular complexity index is 191. The van der Waals surface area contributed by atoms with Crippen LogP contribution in [-0.2, 0) is 14.3 Å². The molecule has 0 aliphatic carbocycles. The molecule has 2 heterocycles. The van der Waals surface area contributed by atoms with Gasteiger partial charge < -0.3 is 19.7 Å². The van der Waals surface area contributed by atoms with Crippen LogP contribution in [0.25, 0.3) is 0 Å². The largest absolute Gasteiger partial charge is 0.387 e. The summed E-state index contributed by atoms with van der Waals surface area (Å²) in [4.78, 5) is 10.9. The van der Waals surface area contributed by atoms with Crippen molar-refractivity contribution in [3.8, 4) is 0 Å². The van der Waals surface area contributed by atoms with E-state index in [9.17, 15) is 4.79 Å². The Hall–Kier alpha value is -0.490. The molecule has 2 fully saturated rings. The van der Waals surface area contributed by atoms with E-state index < -0.39 is 24.6 Å². The third-order valence-corrected chi connectivity index (χ3v) is 1.93. The summed E-state index contributed by atoms with van der Waals surface area (Å²) in [6, 6.07) is 0. The van der Waals surface area contributed by atoms with E-state index in [-0.39, 0.29) is 12.4 Å². The summed E-state index contributed by atoms with van der Waals surface area (Å²) in [6.45, 7) is -0.0799. The highest BCUT2D eigenvalue weighted by Gasteiger charge is 2.50. The lowest BCUT2D eigenvalue weighted by molar-refractivity contribution is -0.198. The van der Waals surface area contributed by atoms with Crippen molar-refractivity contribution in [2.75, 3.05) is 6.61 Å². The van der Waals surface area contributed by atoms with E-state index in [2.05, 4.69) is 0 Å². The zero-order chi connectivity index (χ0) is 8.01. The van der Waals surface area contributed by atoms with Crippen molar-refractivity contribution < 1.29 is 24.5 Å². The maximum Gasteiger partial charge on any atom is 0.190 e. The highest BCUT2D eigenvalue weighted by molar-refractivity contribution is 5.86. The van der Waals surface area contributed by atoms with E-state index in [0.29, 0.717) is 0 Å². The number of hydrogen-bond acceptors (Lipinski definition) is 5. The van der Waals surface area contributed by atoms with Crippen molar-refractivity contribution in [1.82, 2.24) is 0 Å². The Morgan fingerprint density at radius 1 is 1.36 bits per heavy atom. The van der Waals surface area contributed by atoms with E-state index in [0.717, 1.165) is 0 Å². The zero-order valence-corrected chi connectivity index (χ0v) is 5.64. The lowest BCUT2D eigenvalue weighted by Gasteiger charge is -2.19. The summed E-state index contributed by atoms with van der Waals surface area (Å²) in [5, 5.41) is 18.3. The van der Waals surface area contributed by atoms with Crippen molar-refractivity contribution in [3.63, 3.8) is 0 Å². The predicted octanol–water partition coefficient (Wildman–Crippen LogP) is -1.97. The molecule has 0 aromatic rings. The van der Waals surface area contributed by atoms with Gasteiger partial charge in [-0.3, -0.25) is 4.79 Å². The van der Waals surface area contributed by atoms with Crippen molar-refractivity contribution in [2.45, 2.75) is 24.6 Å². The van der Waals surface area contributed by atoms with Crippen LogP contribution in [-0.4, -0.2) is 47.2 Å². The number of carbonyl (C=O) groups is 1. The first kappa shape index (κ1) is 7.17. The number of ketones is 1. The number of hydrogen-bond donors (Lipinski definition) is 2. The summed E-state index contributed by atoms with van der Waals surface area (Å²) >= 11 is 0. The number of aliphatic hydroxyl groups is 2. The summed E-state index contributed by atoms with van der Waals surface area (Å²) < 4.78 is 9.64. The van der Waals surface area contributed by atoms with Crippen LogP contribution in [0.4, 0.5) is 0 Å². The number of rotatable bonds is 0. The van der Waals surface area contributed by atoms with E-state index in [4.69, 9.17) is 19.7 Å². The Morgan fingerprint density at radius 3 is 2.73 bits per heavy atom. The zero-order valence-electron chi connectivity index (χ0n) is 5.64. The first-order valence-corrected chi connectivity index (χ1v) is 3.36. The minimum absolute atomic E-state index is 0.0799. The molecule has 62 valence electrons. The molecular formula is C6H8O5. The lowest BCUT2D eigenvalue weighted by Crippen LogP contribution is -2.37. The average Bonchev–Trinajstić information content (AvgIpc) is 2.24. The fraction of sp³-hybridized carbons (Fsp3) is 0.833. The molecule has 0 saturated carbocycles. The van der Waals surface area contributed by atoms with Crippen molar-refractivity contribution in [1.29, 1.82) is 0 Å². The molecule has 2 bridgehead atoms. The van der Waals surface area contributed by atoms with Crippen molar-refractivity contribution in [3.05, 3.63) is 0 Å². The third kappa shape index (κ3) is 0.893. The topological polar surface area (TPSA) is 76.0 Å². The van der Waals surface area contributed by atoms with Gasteiger partial charge >= 0.3 is 0 Å². The maximum absolute atomic E-state index is 10.9. The van der Waals surface area contributed by atoms with Crippen LogP contribution in [0.3, 0.4) is 0 Å². The first-order chi connectivity index (χ1) is 5.20. The molecule has 0 radical (unpaired) electrons. The van der Waals surface area contributed by atoms with Gasteiger partial charge in [-0.15, -0.1) is 0 Å². The molecule has 11 heavy (non-hydrogen) atoms. The lowest BCUT2D eigenvalue weighted by atomic mass is 10.1. The molecule has 2 aliphatic heterocycles. The number of aliphatic hydroxyl groups excluding tert-OH is 2. The molecule has 2 aliphatic rings. The van der Waals surface area contributed by atoms with Gasteiger partial charge in [0, 0.05) is 0 Å². The van der Waals surface area contributed by atoms with Crippen LogP contribution in [0.15, 0.2) is 0 Å². The summed E-state index contributed by atoms with van der Waals surface area (Å²) in [5.74, 6) is -0.315. The second kappa shape index (κ2) is 2.25. The average molecular weight is 160 g/mol. The number of Topliss-reactive ketones (excluding diaryl/α,β-unsaturated/α-hetero) is 1. The summed E-state index contributed by atoms with van der Waals surface area (Å²) in [7, 11) is 0. The van der Waals surface area contributed by atoms with E-state index in [1.807, 2.05) is 0 Å². The van der Waals surface area contributed by atoms with Crippen LogP contribution in [0.2, 0.25) is 0 Å². The molecule has 5 nitrogen and oxygen atoms in total. The standard InChI is InChI=1S/C6H8O5/c7-2-1-10-6-4(9)3(8)5(2)11-6/h3-6,8-9H,1H2/t3-,4-,5+,6+/m1/s1. The first-order valence-electron chi connectivity index (χ1n) is 3.36. The molecule has 0 amide bonds. The van der Waals surface area contributed by atoms with Crippen LogP contribution >= 0.6 is 0 Å². The molecular weight excluding hydrogens is 152 g/mol. The van der Waals surface area contributed by atoms with Gasteiger partial charge in [0.2, 0.25) is 0 Å². The second-order valence-corrected chi connectivity index (χ2v) is 2.68. The van der Waals surface area contributed by atoms with E-state index in [1.54, 1.807) is 0 Å². The van der Waals surface area contributed by atoms with E-state index in [1.165, 1.54) is 0 Å². The van der Waals surface area contributed by atoms with Gasteiger partial charge in [-0.2, -0.15) is 0 Å². The fourth-order valence-electron chi connectivity index (χ4n) is 1.30. The predicted molar refractivity (Wildman–Crippen MR) is 31.6 cm³/mol. The molecule has 2 rings (SSSR count). The van der Waals surface area contributed by atoms with E-state index >= 15 is 0 Å². The Kier molecular flexibility index (Phi) is 1.47. The third-order valence-electron chi connectivity index (χ3n) is 1.93. The minimum atomic E-state index is -1.13. The summed E-state index contributed by atoms with van der Waals surface area (Å²) in [5.41, 5.74) is 0. The molecule has 2 N–H and O–H groups in total. The Labute approximate surface area is 62.5 Å². The maximum atomic E-state index is 10.9. The highest BCUT2D eigenvalue weighted by Crippen LogP contribution is 2.26. The van der Waals surface area contributed by atoms with Crippen molar-refractivity contribution in [2.24, 2.45) is 0 Å². The number of ether oxygens (including phenoxy) is 2. The van der Waals surface area contributed by atoms with Crippen LogP contribution in [0.5, 0.6) is 0 Å². The normalized spacial score (nSPS) is 49.8. The molecule has 0 spiro atoms. The fourth-order valence-corrected chi connectivity index (χ4v) is 1.30. The van der Waals surface area contributed by atoms with Gasteiger partial charge in [-0.25, -0.2) is 0 Å². The van der Waals surface area contributed by atoms with Crippen molar-refractivity contribution >= 4 is 5.78 Å². The van der Waals surface area contributed by atoms with Gasteiger partial charge in [0.05, 0.1) is 0 Å². The van der Waals surface area contributed by atoms with Gasteiger partial charge in [0.25, 0.3) is 0 Å². The summed E-state index contributed by atoms with van der Waals surface area (Å²) in [6.07, 6.45) is -3.93. The van der Waals surface area contributed by atoms with Crippen LogP contribution < -0.4 is 0 Å². The smallest absolute Gasteiger partial charge is 0.190 e. The highest BCUT2D eigenvalue weighted by atomic mass is 16.7. The Morgan fingerprint density at radius 2 is 2.09 bits per heavy atom. The monoisotopic (exact) mass is 160 g/mol. The number of carbonyl (C=O) groups excluding carboxylic acids is 1. The minimum Gasteiger partial charge on any atom is -0.387 e. The quantitative estimate of drug-likeness (QED) is 0.430. The van der Waals surface area contributed by atoms with Gasteiger partial charge in [-0.1, -0.05) is 0 Å². The molecule has 0 aromatic heterocycles. The van der Waals surface area contributed by atoms with Crippen LogP contribution in [0.1, 0.15) is 0 Å². The van der Waals surface area contributed by atoms with Crippen LogP contribution in [0, 0.1) is 0 Å². The molecule has 5 heteroatoms. The Balaban J connectivity index is 2.22. The molecule has 0 unspecified atom stereocenters. The van der Waals surface area contributed by atoms with Gasteiger partial charge in [0.15, 0.2) is 12.1 Å². The molecule has 2 saturated heterocycles. The molecule has 0 aromatic carbocycles. The van der Waals surface area contributed by atoms with Gasteiger partial charge in [0.1, 0.15) is 24.9 Å².